The highest BCUT2D eigenvalue weighted by Gasteiger charge is 2.54. The summed E-state index contributed by atoms with van der Waals surface area (Å²) in [5.41, 5.74) is 1.40. The second kappa shape index (κ2) is 4.80. The van der Waals surface area contributed by atoms with E-state index in [-0.39, 0.29) is 5.92 Å². The van der Waals surface area contributed by atoms with Gasteiger partial charge in [-0.05, 0) is 65.8 Å². The van der Waals surface area contributed by atoms with Gasteiger partial charge < -0.3 is 4.52 Å². The topological polar surface area (TPSA) is 62.7 Å². The zero-order valence-corrected chi connectivity index (χ0v) is 13.6. The molecule has 2 saturated carbocycles. The predicted molar refractivity (Wildman–Crippen MR) is 85.2 cm³/mol. The van der Waals surface area contributed by atoms with E-state index in [1.807, 2.05) is 24.3 Å². The Labute approximate surface area is 136 Å². The number of benzene rings is 1. The third-order valence-corrected chi connectivity index (χ3v) is 5.51. The number of rotatable bonds is 2. The minimum atomic E-state index is 0.274. The van der Waals surface area contributed by atoms with Crippen LogP contribution in [0, 0.1) is 26.2 Å². The summed E-state index contributed by atoms with van der Waals surface area (Å²) in [5, 5.41) is 13.0. The first-order valence-corrected chi connectivity index (χ1v) is 8.24. The average Bonchev–Trinajstić information content (AvgIpc) is 2.86. The Bertz CT molecular complexity index is 702. The first-order chi connectivity index (χ1) is 10.2. The van der Waals surface area contributed by atoms with Crippen LogP contribution in [0.1, 0.15) is 37.5 Å². The predicted octanol–water partition coefficient (Wildman–Crippen LogP) is 4.14. The van der Waals surface area contributed by atoms with E-state index in [4.69, 9.17) is 9.78 Å². The molecule has 21 heavy (non-hydrogen) atoms. The summed E-state index contributed by atoms with van der Waals surface area (Å²) in [6.07, 6.45) is 4.30. The van der Waals surface area contributed by atoms with Crippen molar-refractivity contribution in [1.29, 1.82) is 5.26 Å². The van der Waals surface area contributed by atoms with E-state index >= 15 is 0 Å². The average molecular weight is 391 g/mol. The summed E-state index contributed by atoms with van der Waals surface area (Å²) in [6, 6.07) is 10.5. The number of halogens is 1. The third kappa shape index (κ3) is 2.26. The van der Waals surface area contributed by atoms with Crippen molar-refractivity contribution in [1.82, 2.24) is 10.1 Å². The quantitative estimate of drug-likeness (QED) is 0.722. The van der Waals surface area contributed by atoms with Crippen molar-refractivity contribution in [3.05, 3.63) is 33.7 Å². The van der Waals surface area contributed by atoms with Crippen LogP contribution in [0.2, 0.25) is 0 Å². The van der Waals surface area contributed by atoms with Gasteiger partial charge in [0.15, 0.2) is 0 Å². The van der Waals surface area contributed by atoms with Crippen LogP contribution in [0.4, 0.5) is 0 Å². The summed E-state index contributed by atoms with van der Waals surface area (Å²) in [4.78, 5) is 4.55. The van der Waals surface area contributed by atoms with Gasteiger partial charge in [0, 0.05) is 21.0 Å². The molecule has 2 aromatic rings. The molecule has 5 heteroatoms. The first-order valence-electron chi connectivity index (χ1n) is 7.17. The number of nitriles is 1. The Hall–Kier alpha value is -1.42. The smallest absolute Gasteiger partial charge is 0.230 e. The van der Waals surface area contributed by atoms with Gasteiger partial charge in [-0.2, -0.15) is 10.2 Å². The van der Waals surface area contributed by atoms with Crippen LogP contribution in [0.5, 0.6) is 0 Å². The number of hydrogen-bond acceptors (Lipinski definition) is 4. The van der Waals surface area contributed by atoms with Crippen LogP contribution in [-0.2, 0) is 0 Å². The van der Waals surface area contributed by atoms with Crippen LogP contribution in [0.3, 0.4) is 0 Å². The molecule has 0 saturated heterocycles. The Kier molecular flexibility index (Phi) is 3.03. The molecule has 0 unspecified atom stereocenters. The molecule has 2 aliphatic rings. The zero-order valence-electron chi connectivity index (χ0n) is 11.4. The summed E-state index contributed by atoms with van der Waals surface area (Å²) in [6.45, 7) is 0. The van der Waals surface area contributed by atoms with Gasteiger partial charge in [0.25, 0.3) is 0 Å². The maximum Gasteiger partial charge on any atom is 0.230 e. The monoisotopic (exact) mass is 391 g/mol. The standard InChI is InChI=1S/C16H14IN3O/c17-13-3-1-11(2-4-13)14-19-15(21-20-14)12-7-16(8-12)5-10(6-16)9-18/h1-4,10,12H,5-8H2. The minimum absolute atomic E-state index is 0.274. The summed E-state index contributed by atoms with van der Waals surface area (Å²) < 4.78 is 6.63. The van der Waals surface area contributed by atoms with E-state index in [2.05, 4.69) is 38.8 Å². The zero-order chi connectivity index (χ0) is 14.4. The van der Waals surface area contributed by atoms with E-state index < -0.39 is 0 Å². The highest BCUT2D eigenvalue weighted by Crippen LogP contribution is 2.63. The van der Waals surface area contributed by atoms with Crippen LogP contribution in [0.25, 0.3) is 11.4 Å². The van der Waals surface area contributed by atoms with Gasteiger partial charge in [-0.1, -0.05) is 17.3 Å². The molecule has 1 heterocycles. The lowest BCUT2D eigenvalue weighted by Crippen LogP contribution is -2.46. The van der Waals surface area contributed by atoms with Crippen molar-refractivity contribution in [2.45, 2.75) is 31.6 Å². The fourth-order valence-corrected chi connectivity index (χ4v) is 4.05. The van der Waals surface area contributed by atoms with Gasteiger partial charge >= 0.3 is 0 Å². The van der Waals surface area contributed by atoms with Crippen LogP contribution >= 0.6 is 22.6 Å². The molecule has 0 atom stereocenters. The highest BCUT2D eigenvalue weighted by molar-refractivity contribution is 14.1. The Balaban J connectivity index is 1.45. The molecule has 0 aliphatic heterocycles. The van der Waals surface area contributed by atoms with E-state index in [1.54, 1.807) is 0 Å². The number of aromatic nitrogens is 2. The maximum absolute atomic E-state index is 8.88. The van der Waals surface area contributed by atoms with Gasteiger partial charge in [-0.3, -0.25) is 0 Å². The van der Waals surface area contributed by atoms with Gasteiger partial charge in [-0.25, -0.2) is 0 Å². The van der Waals surface area contributed by atoms with Crippen molar-refractivity contribution in [3.8, 4) is 17.5 Å². The normalized spacial score (nSPS) is 30.5. The van der Waals surface area contributed by atoms with E-state index in [0.29, 0.717) is 17.2 Å². The van der Waals surface area contributed by atoms with Crippen molar-refractivity contribution < 1.29 is 4.52 Å². The van der Waals surface area contributed by atoms with Gasteiger partial charge in [0.1, 0.15) is 0 Å². The van der Waals surface area contributed by atoms with Crippen LogP contribution in [0.15, 0.2) is 28.8 Å². The van der Waals surface area contributed by atoms with Crippen molar-refractivity contribution >= 4 is 22.6 Å². The minimum Gasteiger partial charge on any atom is -0.339 e. The lowest BCUT2D eigenvalue weighted by atomic mass is 9.48. The Morgan fingerprint density at radius 2 is 1.90 bits per heavy atom. The summed E-state index contributed by atoms with van der Waals surface area (Å²) >= 11 is 2.28. The SMILES string of the molecule is N#CC1CC2(C1)CC(c1nc(-c3ccc(I)cc3)no1)C2. The number of hydrogen-bond donors (Lipinski definition) is 0. The maximum atomic E-state index is 8.88. The van der Waals surface area contributed by atoms with Gasteiger partial charge in [0.05, 0.1) is 6.07 Å². The molecule has 0 amide bonds. The molecule has 2 aliphatic carbocycles. The molecular weight excluding hydrogens is 377 g/mol. The third-order valence-electron chi connectivity index (χ3n) is 4.79. The van der Waals surface area contributed by atoms with Crippen LogP contribution < -0.4 is 0 Å². The van der Waals surface area contributed by atoms with E-state index in [9.17, 15) is 0 Å². The van der Waals surface area contributed by atoms with Gasteiger partial charge in [-0.15, -0.1) is 0 Å². The summed E-state index contributed by atoms with van der Waals surface area (Å²) in [7, 11) is 0. The molecule has 0 radical (unpaired) electrons. The summed E-state index contributed by atoms with van der Waals surface area (Å²) in [5.74, 6) is 2.09. The lowest BCUT2D eigenvalue weighted by molar-refractivity contribution is -0.0291. The van der Waals surface area contributed by atoms with E-state index in [1.165, 1.54) is 3.57 Å². The molecular formula is C16H14IN3O. The molecule has 1 aromatic carbocycles. The molecule has 0 N–H and O–H groups in total. The molecule has 4 nitrogen and oxygen atoms in total. The van der Waals surface area contributed by atoms with Crippen molar-refractivity contribution in [2.75, 3.05) is 0 Å². The largest absolute Gasteiger partial charge is 0.339 e. The Morgan fingerprint density at radius 1 is 1.19 bits per heavy atom. The van der Waals surface area contributed by atoms with Crippen molar-refractivity contribution in [3.63, 3.8) is 0 Å². The highest BCUT2D eigenvalue weighted by atomic mass is 127. The van der Waals surface area contributed by atoms with Crippen LogP contribution in [-0.4, -0.2) is 10.1 Å². The first kappa shape index (κ1) is 13.3. The van der Waals surface area contributed by atoms with Crippen molar-refractivity contribution in [2.24, 2.45) is 11.3 Å². The van der Waals surface area contributed by atoms with Gasteiger partial charge in [0.2, 0.25) is 11.7 Å². The molecule has 1 spiro atoms. The van der Waals surface area contributed by atoms with E-state index in [0.717, 1.165) is 37.1 Å². The molecule has 0 bridgehead atoms. The fraction of sp³-hybridized carbons (Fsp3) is 0.438. The molecule has 4 rings (SSSR count). The lowest BCUT2D eigenvalue weighted by Gasteiger charge is -2.55. The second-order valence-corrected chi connectivity index (χ2v) is 7.55. The molecule has 1 aromatic heterocycles. The number of nitrogens with zero attached hydrogens (tertiary/aromatic N) is 3. The molecule has 106 valence electrons. The Morgan fingerprint density at radius 3 is 2.57 bits per heavy atom. The molecule has 2 fully saturated rings. The second-order valence-electron chi connectivity index (χ2n) is 6.30. The fourth-order valence-electron chi connectivity index (χ4n) is 3.69.